The van der Waals surface area contributed by atoms with Crippen molar-refractivity contribution in [2.24, 2.45) is 5.92 Å². The van der Waals surface area contributed by atoms with Crippen LogP contribution in [0.25, 0.3) is 11.1 Å². The third kappa shape index (κ3) is 3.80. The normalized spacial score (nSPS) is 22.6. The van der Waals surface area contributed by atoms with Crippen LogP contribution in [0.2, 0.25) is 0 Å². The number of morpholine rings is 1. The van der Waals surface area contributed by atoms with E-state index in [1.54, 1.807) is 24.0 Å². The van der Waals surface area contributed by atoms with Gasteiger partial charge in [-0.15, -0.1) is 0 Å². The molecule has 0 N–H and O–H groups in total. The van der Waals surface area contributed by atoms with E-state index in [0.717, 1.165) is 0 Å². The second-order valence-electron chi connectivity index (χ2n) is 10.0. The monoisotopic (exact) mass is 485 g/mol. The summed E-state index contributed by atoms with van der Waals surface area (Å²) in [4.78, 5) is 28.4. The number of ether oxygens (including phenoxy) is 2. The lowest BCUT2D eigenvalue weighted by Gasteiger charge is -2.47. The minimum Gasteiger partial charge on any atom is -0.448 e. The summed E-state index contributed by atoms with van der Waals surface area (Å²) >= 11 is 0. The van der Waals surface area contributed by atoms with Crippen molar-refractivity contribution in [2.75, 3.05) is 19.8 Å². The first kappa shape index (κ1) is 22.9. The lowest BCUT2D eigenvalue weighted by molar-refractivity contribution is -0.0747. The van der Waals surface area contributed by atoms with Crippen LogP contribution in [0, 0.1) is 18.7 Å². The fourth-order valence-electron chi connectivity index (χ4n) is 6.19. The maximum absolute atomic E-state index is 14.1. The molecule has 6 rings (SSSR count). The van der Waals surface area contributed by atoms with Gasteiger partial charge in [-0.05, 0) is 53.6 Å². The Morgan fingerprint density at radius 3 is 2.17 bits per heavy atom. The molecule has 36 heavy (non-hydrogen) atoms. The van der Waals surface area contributed by atoms with Crippen LogP contribution in [0.15, 0.2) is 66.7 Å². The molecule has 2 atom stereocenters. The standard InChI is InChI=1S/C30H28FNO4/c1-18-22(11-6-12-28(18)31)29(33)19-13-20-15-35-16-21(14-19)32(20)30(34)36-17-27-25-9-4-2-7-23(25)24-8-3-5-10-26(24)27/h2-12,19-21,27H,13-17H2,1H3. The highest BCUT2D eigenvalue weighted by molar-refractivity contribution is 5.99. The smallest absolute Gasteiger partial charge is 0.410 e. The highest BCUT2D eigenvalue weighted by Crippen LogP contribution is 2.44. The average Bonchev–Trinajstić information content (AvgIpc) is 3.21. The fourth-order valence-corrected chi connectivity index (χ4v) is 6.19. The van der Waals surface area contributed by atoms with E-state index in [9.17, 15) is 14.0 Å². The number of Topliss-reactive ketones (excluding diaryl/α,β-unsaturated/α-hetero) is 1. The number of fused-ring (bicyclic) bond motifs is 5. The van der Waals surface area contributed by atoms with Crippen LogP contribution >= 0.6 is 0 Å². The summed E-state index contributed by atoms with van der Waals surface area (Å²) in [6, 6.07) is 20.7. The quantitative estimate of drug-likeness (QED) is 0.442. The second kappa shape index (κ2) is 9.17. The number of nitrogens with zero attached hydrogens (tertiary/aromatic N) is 1. The molecule has 5 nitrogen and oxygen atoms in total. The SMILES string of the molecule is Cc1c(F)cccc1C(=O)C1CC2COCC(C1)N2C(=O)OCC1c2ccccc2-c2ccccc21. The molecule has 2 unspecified atom stereocenters. The number of benzene rings is 3. The number of carbonyl (C=O) groups excluding carboxylic acids is 2. The maximum Gasteiger partial charge on any atom is 0.410 e. The number of rotatable bonds is 4. The van der Waals surface area contributed by atoms with Gasteiger partial charge in [-0.2, -0.15) is 0 Å². The molecule has 2 aliphatic heterocycles. The van der Waals surface area contributed by atoms with E-state index in [1.165, 1.54) is 28.3 Å². The summed E-state index contributed by atoms with van der Waals surface area (Å²) in [5.41, 5.74) is 5.52. The zero-order chi connectivity index (χ0) is 24.8. The third-order valence-electron chi connectivity index (χ3n) is 7.97. The molecule has 2 heterocycles. The Balaban J connectivity index is 1.17. The van der Waals surface area contributed by atoms with Crippen molar-refractivity contribution in [3.05, 3.63) is 94.8 Å². The zero-order valence-corrected chi connectivity index (χ0v) is 20.2. The predicted molar refractivity (Wildman–Crippen MR) is 133 cm³/mol. The summed E-state index contributed by atoms with van der Waals surface area (Å²) in [7, 11) is 0. The van der Waals surface area contributed by atoms with Gasteiger partial charge in [0.05, 0.1) is 25.3 Å². The number of ketones is 1. The topological polar surface area (TPSA) is 55.8 Å². The summed E-state index contributed by atoms with van der Waals surface area (Å²) in [5, 5.41) is 0. The lowest BCUT2D eigenvalue weighted by atomic mass is 9.80. The second-order valence-corrected chi connectivity index (χ2v) is 10.0. The molecular weight excluding hydrogens is 457 g/mol. The van der Waals surface area contributed by atoms with Crippen LogP contribution in [-0.2, 0) is 9.47 Å². The molecule has 3 aliphatic rings. The van der Waals surface area contributed by atoms with Gasteiger partial charge in [0, 0.05) is 17.4 Å². The molecule has 0 spiro atoms. The van der Waals surface area contributed by atoms with Crippen LogP contribution < -0.4 is 0 Å². The molecule has 0 saturated carbocycles. The summed E-state index contributed by atoms with van der Waals surface area (Å²) in [6.07, 6.45) is 0.605. The van der Waals surface area contributed by atoms with Crippen LogP contribution in [0.3, 0.4) is 0 Å². The van der Waals surface area contributed by atoms with E-state index in [2.05, 4.69) is 24.3 Å². The van der Waals surface area contributed by atoms with E-state index >= 15 is 0 Å². The number of piperidine rings is 1. The number of hydrogen-bond acceptors (Lipinski definition) is 4. The molecule has 184 valence electrons. The predicted octanol–water partition coefficient (Wildman–Crippen LogP) is 5.75. The van der Waals surface area contributed by atoms with E-state index in [-0.39, 0.29) is 48.2 Å². The van der Waals surface area contributed by atoms with Gasteiger partial charge in [0.2, 0.25) is 0 Å². The van der Waals surface area contributed by atoms with E-state index in [0.29, 0.717) is 37.2 Å². The Hall–Kier alpha value is -3.51. The third-order valence-corrected chi connectivity index (χ3v) is 7.97. The van der Waals surface area contributed by atoms with Gasteiger partial charge in [-0.25, -0.2) is 9.18 Å². The number of amides is 1. The molecule has 2 fully saturated rings. The molecule has 0 aromatic heterocycles. The highest BCUT2D eigenvalue weighted by atomic mass is 19.1. The van der Waals surface area contributed by atoms with Gasteiger partial charge in [-0.3, -0.25) is 9.69 Å². The Bertz CT molecular complexity index is 1280. The van der Waals surface area contributed by atoms with Crippen LogP contribution in [0.5, 0.6) is 0 Å². The van der Waals surface area contributed by atoms with Crippen LogP contribution in [-0.4, -0.2) is 48.7 Å². The van der Waals surface area contributed by atoms with E-state index < -0.39 is 0 Å². The molecule has 3 aromatic carbocycles. The minimum atomic E-state index is -0.375. The van der Waals surface area contributed by atoms with Gasteiger partial charge < -0.3 is 9.47 Å². The fraction of sp³-hybridized carbons (Fsp3) is 0.333. The van der Waals surface area contributed by atoms with E-state index in [4.69, 9.17) is 9.47 Å². The Morgan fingerprint density at radius 2 is 1.53 bits per heavy atom. The molecule has 1 amide bonds. The van der Waals surface area contributed by atoms with Crippen molar-refractivity contribution in [1.82, 2.24) is 4.90 Å². The molecule has 2 bridgehead atoms. The summed E-state index contributed by atoms with van der Waals surface area (Å²) in [5.74, 6) is -0.717. The van der Waals surface area contributed by atoms with Crippen molar-refractivity contribution in [2.45, 2.75) is 37.8 Å². The molecule has 1 aliphatic carbocycles. The first-order valence-corrected chi connectivity index (χ1v) is 12.5. The highest BCUT2D eigenvalue weighted by Gasteiger charge is 2.45. The molecule has 0 radical (unpaired) electrons. The molecule has 2 saturated heterocycles. The summed E-state index contributed by atoms with van der Waals surface area (Å²) in [6.45, 7) is 2.63. The average molecular weight is 486 g/mol. The number of hydrogen-bond donors (Lipinski definition) is 0. The largest absolute Gasteiger partial charge is 0.448 e. The lowest BCUT2D eigenvalue weighted by Crippen LogP contribution is -2.60. The van der Waals surface area contributed by atoms with Crippen molar-refractivity contribution >= 4 is 11.9 Å². The van der Waals surface area contributed by atoms with Crippen molar-refractivity contribution in [3.63, 3.8) is 0 Å². The van der Waals surface area contributed by atoms with Crippen molar-refractivity contribution < 1.29 is 23.5 Å². The zero-order valence-electron chi connectivity index (χ0n) is 20.2. The van der Waals surface area contributed by atoms with Crippen LogP contribution in [0.4, 0.5) is 9.18 Å². The van der Waals surface area contributed by atoms with Gasteiger partial charge >= 0.3 is 6.09 Å². The van der Waals surface area contributed by atoms with Crippen molar-refractivity contribution in [3.8, 4) is 11.1 Å². The Kier molecular flexibility index (Phi) is 5.84. The van der Waals surface area contributed by atoms with Crippen molar-refractivity contribution in [1.29, 1.82) is 0 Å². The van der Waals surface area contributed by atoms with E-state index in [1.807, 2.05) is 24.3 Å². The maximum atomic E-state index is 14.1. The Morgan fingerprint density at radius 1 is 0.917 bits per heavy atom. The van der Waals surface area contributed by atoms with Gasteiger partial charge in [-0.1, -0.05) is 60.7 Å². The molecule has 6 heteroatoms. The molecular formula is C30H28FNO4. The van der Waals surface area contributed by atoms with Crippen LogP contribution in [0.1, 0.15) is 45.8 Å². The molecule has 3 aromatic rings. The van der Waals surface area contributed by atoms with Gasteiger partial charge in [0.25, 0.3) is 0 Å². The Labute approximate surface area is 209 Å². The van der Waals surface area contributed by atoms with Gasteiger partial charge in [0.15, 0.2) is 5.78 Å². The number of carbonyl (C=O) groups is 2. The summed E-state index contributed by atoms with van der Waals surface area (Å²) < 4.78 is 25.7. The first-order valence-electron chi connectivity index (χ1n) is 12.5. The number of halogens is 1. The first-order chi connectivity index (χ1) is 17.5. The minimum absolute atomic E-state index is 0.00694. The van der Waals surface area contributed by atoms with Gasteiger partial charge in [0.1, 0.15) is 12.4 Å².